The number of aryl methyl sites for hydroxylation is 1. The molecule has 1 aromatic heterocycles. The first-order chi connectivity index (χ1) is 9.93. The van der Waals surface area contributed by atoms with E-state index in [1.165, 1.54) is 22.2 Å². The molecule has 0 atom stereocenters. The van der Waals surface area contributed by atoms with Gasteiger partial charge in [-0.3, -0.25) is 0 Å². The number of nitrogens with two attached hydrogens (primary N) is 1. The van der Waals surface area contributed by atoms with Crippen molar-refractivity contribution >= 4 is 15.8 Å². The Labute approximate surface area is 124 Å². The van der Waals surface area contributed by atoms with E-state index in [0.29, 0.717) is 5.75 Å². The summed E-state index contributed by atoms with van der Waals surface area (Å²) in [7, 11) is -0.613. The lowest BCUT2D eigenvalue weighted by molar-refractivity contribution is 0.286. The number of aromatic nitrogens is 2. The molecular formula is C13H18N4O3S. The summed E-state index contributed by atoms with van der Waals surface area (Å²) in [5.74, 6) is 0.691. The number of benzene rings is 1. The number of para-hydroxylation sites is 1. The van der Waals surface area contributed by atoms with E-state index < -0.39 is 10.0 Å². The van der Waals surface area contributed by atoms with Crippen LogP contribution < -0.4 is 10.5 Å². The maximum atomic E-state index is 12.4. The fraction of sp³-hybridized carbons (Fsp3) is 0.308. The van der Waals surface area contributed by atoms with Gasteiger partial charge < -0.3 is 15.0 Å². The molecule has 0 aliphatic carbocycles. The minimum atomic E-state index is -3.68. The van der Waals surface area contributed by atoms with Crippen molar-refractivity contribution in [3.8, 4) is 5.75 Å². The zero-order valence-corrected chi connectivity index (χ0v) is 12.7. The molecule has 0 saturated carbocycles. The molecule has 0 unspecified atom stereocenters. The molecule has 7 nitrogen and oxygen atoms in total. The van der Waals surface area contributed by atoms with Crippen molar-refractivity contribution in [1.29, 1.82) is 0 Å². The number of likely N-dealkylation sites (N-methyl/N-ethyl adjacent to an activating group) is 1. The zero-order valence-electron chi connectivity index (χ0n) is 11.9. The molecule has 0 saturated heterocycles. The van der Waals surface area contributed by atoms with Crippen molar-refractivity contribution < 1.29 is 13.2 Å². The van der Waals surface area contributed by atoms with Crippen LogP contribution >= 0.6 is 0 Å². The summed E-state index contributed by atoms with van der Waals surface area (Å²) in [4.78, 5) is 3.80. The maximum absolute atomic E-state index is 12.4. The maximum Gasteiger partial charge on any atom is 0.262 e. The van der Waals surface area contributed by atoms with Gasteiger partial charge in [0.2, 0.25) is 0 Å². The largest absolute Gasteiger partial charge is 0.492 e. The summed E-state index contributed by atoms with van der Waals surface area (Å²) >= 11 is 0. The third-order valence-electron chi connectivity index (χ3n) is 2.98. The molecule has 0 fully saturated rings. The molecule has 2 aromatic rings. The van der Waals surface area contributed by atoms with E-state index in [2.05, 4.69) is 4.98 Å². The van der Waals surface area contributed by atoms with Gasteiger partial charge in [-0.25, -0.2) is 13.4 Å². The number of imidazole rings is 1. The molecule has 0 amide bonds. The lowest BCUT2D eigenvalue weighted by Crippen LogP contribution is -2.32. The van der Waals surface area contributed by atoms with Crippen LogP contribution in [0.3, 0.4) is 0 Å². The second-order valence-electron chi connectivity index (χ2n) is 4.53. The van der Waals surface area contributed by atoms with Gasteiger partial charge in [0.1, 0.15) is 12.4 Å². The van der Waals surface area contributed by atoms with Crippen LogP contribution in [0.2, 0.25) is 0 Å². The lowest BCUT2D eigenvalue weighted by atomic mass is 10.3. The van der Waals surface area contributed by atoms with Gasteiger partial charge in [0.05, 0.1) is 6.33 Å². The van der Waals surface area contributed by atoms with E-state index in [0.717, 1.165) is 0 Å². The lowest BCUT2D eigenvalue weighted by Gasteiger charge is -2.17. The highest BCUT2D eigenvalue weighted by Gasteiger charge is 2.27. The summed E-state index contributed by atoms with van der Waals surface area (Å²) in [6, 6.07) is 9.22. The first-order valence-corrected chi connectivity index (χ1v) is 7.78. The molecule has 0 spiro atoms. The Morgan fingerprint density at radius 3 is 2.57 bits per heavy atom. The van der Waals surface area contributed by atoms with Gasteiger partial charge in [0.15, 0.2) is 10.8 Å². The third-order valence-corrected chi connectivity index (χ3v) is 4.97. The number of nitrogen functional groups attached to an aromatic ring is 1. The second-order valence-corrected chi connectivity index (χ2v) is 6.49. The Bertz CT molecular complexity index is 678. The number of ether oxygens (including phenoxy) is 1. The third kappa shape index (κ3) is 3.34. The predicted octanol–water partition coefficient (Wildman–Crippen LogP) is 0.702. The fourth-order valence-corrected chi connectivity index (χ4v) is 3.17. The van der Waals surface area contributed by atoms with E-state index >= 15 is 0 Å². The summed E-state index contributed by atoms with van der Waals surface area (Å²) in [6.07, 6.45) is 1.37. The topological polar surface area (TPSA) is 90.4 Å². The number of hydrogen-bond acceptors (Lipinski definition) is 5. The average molecular weight is 310 g/mol. The van der Waals surface area contributed by atoms with E-state index in [9.17, 15) is 8.42 Å². The van der Waals surface area contributed by atoms with Gasteiger partial charge in [-0.05, 0) is 12.1 Å². The van der Waals surface area contributed by atoms with E-state index in [1.54, 1.807) is 7.05 Å². The molecule has 1 heterocycles. The van der Waals surface area contributed by atoms with E-state index in [-0.39, 0.29) is 24.0 Å². The molecule has 2 rings (SSSR count). The fourth-order valence-electron chi connectivity index (χ4n) is 1.83. The highest BCUT2D eigenvalue weighted by atomic mass is 32.2. The van der Waals surface area contributed by atoms with Gasteiger partial charge in [-0.15, -0.1) is 0 Å². The second kappa shape index (κ2) is 6.15. The van der Waals surface area contributed by atoms with Crippen LogP contribution in [0.1, 0.15) is 0 Å². The van der Waals surface area contributed by atoms with Crippen LogP contribution in [-0.2, 0) is 17.1 Å². The van der Waals surface area contributed by atoms with E-state index in [4.69, 9.17) is 10.5 Å². The van der Waals surface area contributed by atoms with Crippen LogP contribution in [0.25, 0.3) is 0 Å². The Hall–Kier alpha value is -2.06. The first kappa shape index (κ1) is 15.3. The van der Waals surface area contributed by atoms with Gasteiger partial charge >= 0.3 is 0 Å². The van der Waals surface area contributed by atoms with Crippen molar-refractivity contribution in [3.63, 3.8) is 0 Å². The number of sulfonamides is 1. The quantitative estimate of drug-likeness (QED) is 0.848. The molecule has 1 aromatic carbocycles. The van der Waals surface area contributed by atoms with Crippen LogP contribution in [0, 0.1) is 0 Å². The molecule has 8 heteroatoms. The Morgan fingerprint density at radius 1 is 1.33 bits per heavy atom. The molecular weight excluding hydrogens is 292 g/mol. The Morgan fingerprint density at radius 2 is 2.00 bits per heavy atom. The monoisotopic (exact) mass is 310 g/mol. The van der Waals surface area contributed by atoms with Crippen molar-refractivity contribution in [2.75, 3.05) is 25.9 Å². The van der Waals surface area contributed by atoms with Gasteiger partial charge in [-0.2, -0.15) is 4.31 Å². The zero-order chi connectivity index (χ0) is 15.5. The average Bonchev–Trinajstić information content (AvgIpc) is 2.79. The smallest absolute Gasteiger partial charge is 0.262 e. The normalized spacial score (nSPS) is 11.8. The van der Waals surface area contributed by atoms with Gasteiger partial charge in [0, 0.05) is 20.6 Å². The summed E-state index contributed by atoms with van der Waals surface area (Å²) in [6.45, 7) is 0.458. The standard InChI is InChI=1S/C13H18N4O3S/c1-16-10-15-12(14)13(16)21(18,19)17(2)8-9-20-11-6-4-3-5-7-11/h3-7,10H,8-9,14H2,1-2H3. The van der Waals surface area contributed by atoms with Crippen LogP contribution in [-0.4, -0.2) is 42.5 Å². The minimum absolute atomic E-state index is 0.00618. The number of nitrogens with zero attached hydrogens (tertiary/aromatic N) is 3. The molecule has 114 valence electrons. The highest BCUT2D eigenvalue weighted by Crippen LogP contribution is 2.19. The Kier molecular flexibility index (Phi) is 4.49. The molecule has 0 radical (unpaired) electrons. The van der Waals surface area contributed by atoms with Crippen molar-refractivity contribution in [2.45, 2.75) is 5.03 Å². The molecule has 0 aliphatic rings. The first-order valence-electron chi connectivity index (χ1n) is 6.34. The van der Waals surface area contributed by atoms with Crippen molar-refractivity contribution in [3.05, 3.63) is 36.7 Å². The van der Waals surface area contributed by atoms with Crippen molar-refractivity contribution in [2.24, 2.45) is 7.05 Å². The van der Waals surface area contributed by atoms with Gasteiger partial charge in [0.25, 0.3) is 10.0 Å². The van der Waals surface area contributed by atoms with Crippen LogP contribution in [0.5, 0.6) is 5.75 Å². The minimum Gasteiger partial charge on any atom is -0.492 e. The molecule has 2 N–H and O–H groups in total. The van der Waals surface area contributed by atoms with Gasteiger partial charge in [-0.1, -0.05) is 18.2 Å². The molecule has 21 heavy (non-hydrogen) atoms. The SMILES string of the molecule is CN(CCOc1ccccc1)S(=O)(=O)c1c(N)ncn1C. The van der Waals surface area contributed by atoms with Crippen LogP contribution in [0.15, 0.2) is 41.7 Å². The highest BCUT2D eigenvalue weighted by molar-refractivity contribution is 7.89. The van der Waals surface area contributed by atoms with Crippen LogP contribution in [0.4, 0.5) is 5.82 Å². The Balaban J connectivity index is 2.01. The molecule has 0 bridgehead atoms. The number of anilines is 1. The summed E-state index contributed by atoms with van der Waals surface area (Å²) in [5, 5.41) is -0.00953. The number of hydrogen-bond donors (Lipinski definition) is 1. The number of rotatable bonds is 6. The van der Waals surface area contributed by atoms with E-state index in [1.807, 2.05) is 30.3 Å². The predicted molar refractivity (Wildman–Crippen MR) is 79.4 cm³/mol. The van der Waals surface area contributed by atoms with Crippen molar-refractivity contribution in [1.82, 2.24) is 13.9 Å². The molecule has 0 aliphatic heterocycles. The summed E-state index contributed by atoms with van der Waals surface area (Å²) < 4.78 is 32.9. The summed E-state index contributed by atoms with van der Waals surface area (Å²) in [5.41, 5.74) is 5.62.